The lowest BCUT2D eigenvalue weighted by Gasteiger charge is -2.12. The van der Waals surface area contributed by atoms with Crippen molar-refractivity contribution in [2.75, 3.05) is 32.1 Å². The average Bonchev–Trinajstić information content (AvgIpc) is 2.42. The Morgan fingerprint density at radius 2 is 1.95 bits per heavy atom. The van der Waals surface area contributed by atoms with Gasteiger partial charge in [-0.3, -0.25) is 4.99 Å². The van der Waals surface area contributed by atoms with Crippen LogP contribution in [0.4, 0.5) is 4.39 Å². The number of sulfone groups is 1. The van der Waals surface area contributed by atoms with E-state index in [1.807, 2.05) is 6.92 Å². The molecule has 0 aliphatic rings. The number of nitrogens with zero attached hydrogens (tertiary/aromatic N) is 1. The fourth-order valence-electron chi connectivity index (χ4n) is 2.02. The second-order valence-electron chi connectivity index (χ2n) is 5.23. The highest BCUT2D eigenvalue weighted by Gasteiger charge is 2.03. The number of hydrogen-bond donors (Lipinski definition) is 2. The largest absolute Gasteiger partial charge is 0.356 e. The number of aliphatic imine (C=N–C) groups is 1. The maximum Gasteiger partial charge on any atom is 0.190 e. The summed E-state index contributed by atoms with van der Waals surface area (Å²) in [6, 6.07) is 4.77. The summed E-state index contributed by atoms with van der Waals surface area (Å²) < 4.78 is 35.1. The Bertz CT molecular complexity index is 615. The van der Waals surface area contributed by atoms with Crippen LogP contribution in [0.25, 0.3) is 0 Å². The van der Waals surface area contributed by atoms with Crippen molar-refractivity contribution in [3.8, 4) is 0 Å². The molecule has 0 saturated carbocycles. The predicted octanol–water partition coefficient (Wildman–Crippen LogP) is 1.28. The van der Waals surface area contributed by atoms with Gasteiger partial charge in [0.15, 0.2) is 5.96 Å². The van der Waals surface area contributed by atoms with Crippen LogP contribution in [0.2, 0.25) is 0 Å². The van der Waals surface area contributed by atoms with Crippen LogP contribution in [0.5, 0.6) is 0 Å². The van der Waals surface area contributed by atoms with E-state index in [2.05, 4.69) is 15.6 Å². The third kappa shape index (κ3) is 7.40. The first-order valence-electron chi connectivity index (χ1n) is 7.19. The molecule has 2 N–H and O–H groups in total. The summed E-state index contributed by atoms with van der Waals surface area (Å²) >= 11 is 0. The zero-order chi connectivity index (χ0) is 16.6. The van der Waals surface area contributed by atoms with Crippen molar-refractivity contribution in [3.05, 3.63) is 35.1 Å². The van der Waals surface area contributed by atoms with Gasteiger partial charge >= 0.3 is 0 Å². The maximum absolute atomic E-state index is 13.0. The van der Waals surface area contributed by atoms with Gasteiger partial charge in [-0.25, -0.2) is 12.8 Å². The van der Waals surface area contributed by atoms with Crippen LogP contribution < -0.4 is 10.6 Å². The third-order valence-electron chi connectivity index (χ3n) is 3.20. The molecule has 0 spiro atoms. The van der Waals surface area contributed by atoms with Crippen molar-refractivity contribution < 1.29 is 12.8 Å². The van der Waals surface area contributed by atoms with Crippen molar-refractivity contribution in [1.82, 2.24) is 10.6 Å². The van der Waals surface area contributed by atoms with E-state index in [0.29, 0.717) is 25.5 Å². The second-order valence-corrected chi connectivity index (χ2v) is 7.49. The minimum atomic E-state index is -2.92. The van der Waals surface area contributed by atoms with E-state index in [1.54, 1.807) is 13.1 Å². The van der Waals surface area contributed by atoms with Crippen molar-refractivity contribution in [1.29, 1.82) is 0 Å². The van der Waals surface area contributed by atoms with Crippen LogP contribution in [0.1, 0.15) is 17.5 Å². The summed E-state index contributed by atoms with van der Waals surface area (Å²) in [6.07, 6.45) is 2.53. The zero-order valence-electron chi connectivity index (χ0n) is 13.3. The lowest BCUT2D eigenvalue weighted by atomic mass is 10.1. The van der Waals surface area contributed by atoms with Gasteiger partial charge in [0.25, 0.3) is 0 Å². The summed E-state index contributed by atoms with van der Waals surface area (Å²) in [5, 5.41) is 6.22. The molecule has 5 nitrogen and oxygen atoms in total. The van der Waals surface area contributed by atoms with Crippen LogP contribution in [-0.2, 0) is 16.3 Å². The maximum atomic E-state index is 13.0. The number of aryl methyl sites for hydroxylation is 1. The molecule has 1 aromatic carbocycles. The molecule has 0 saturated heterocycles. The number of halogens is 1. The van der Waals surface area contributed by atoms with Crippen LogP contribution in [0.3, 0.4) is 0 Å². The van der Waals surface area contributed by atoms with E-state index < -0.39 is 9.84 Å². The van der Waals surface area contributed by atoms with Gasteiger partial charge < -0.3 is 10.6 Å². The molecule has 124 valence electrons. The van der Waals surface area contributed by atoms with Gasteiger partial charge in [0.2, 0.25) is 0 Å². The Hall–Kier alpha value is -1.63. The molecule has 0 unspecified atom stereocenters. The topological polar surface area (TPSA) is 70.6 Å². The van der Waals surface area contributed by atoms with Gasteiger partial charge in [0.05, 0.1) is 5.75 Å². The van der Waals surface area contributed by atoms with Gasteiger partial charge in [0, 0.05) is 26.4 Å². The molecule has 0 heterocycles. The molecular weight excluding hydrogens is 305 g/mol. The zero-order valence-corrected chi connectivity index (χ0v) is 14.1. The molecule has 0 fully saturated rings. The third-order valence-corrected chi connectivity index (χ3v) is 4.23. The van der Waals surface area contributed by atoms with Crippen molar-refractivity contribution >= 4 is 15.8 Å². The Morgan fingerprint density at radius 1 is 1.27 bits per heavy atom. The summed E-state index contributed by atoms with van der Waals surface area (Å²) in [7, 11) is -1.26. The van der Waals surface area contributed by atoms with E-state index in [1.165, 1.54) is 18.4 Å². The first-order valence-corrected chi connectivity index (χ1v) is 9.25. The Balaban J connectivity index is 2.32. The summed E-state index contributed by atoms with van der Waals surface area (Å²) in [5.41, 5.74) is 2.01. The van der Waals surface area contributed by atoms with Crippen LogP contribution >= 0.6 is 0 Å². The van der Waals surface area contributed by atoms with Gasteiger partial charge in [-0.05, 0) is 43.0 Å². The highest BCUT2D eigenvalue weighted by Crippen LogP contribution is 2.10. The molecule has 0 radical (unpaired) electrons. The lowest BCUT2D eigenvalue weighted by molar-refractivity contribution is 0.598. The van der Waals surface area contributed by atoms with Gasteiger partial charge in [-0.2, -0.15) is 0 Å². The molecule has 0 bridgehead atoms. The molecule has 0 aliphatic carbocycles. The first kappa shape index (κ1) is 18.4. The Labute approximate surface area is 132 Å². The molecule has 0 aliphatic heterocycles. The Kier molecular flexibility index (Phi) is 7.31. The molecule has 7 heteroatoms. The van der Waals surface area contributed by atoms with Crippen LogP contribution in [-0.4, -0.2) is 46.5 Å². The molecule has 22 heavy (non-hydrogen) atoms. The SMILES string of the molecule is CN=C(NCCCS(C)(=O)=O)NCCc1ccc(F)cc1C. The molecule has 1 rings (SSSR count). The highest BCUT2D eigenvalue weighted by atomic mass is 32.2. The van der Waals surface area contributed by atoms with E-state index in [-0.39, 0.29) is 11.6 Å². The summed E-state index contributed by atoms with van der Waals surface area (Å²) in [6.45, 7) is 3.09. The van der Waals surface area contributed by atoms with Crippen molar-refractivity contribution in [3.63, 3.8) is 0 Å². The fourth-order valence-corrected chi connectivity index (χ4v) is 2.69. The normalized spacial score (nSPS) is 12.3. The fraction of sp³-hybridized carbons (Fsp3) is 0.533. The van der Waals surface area contributed by atoms with E-state index in [9.17, 15) is 12.8 Å². The summed E-state index contributed by atoms with van der Waals surface area (Å²) in [5.74, 6) is 0.567. The molecule has 0 aromatic heterocycles. The highest BCUT2D eigenvalue weighted by molar-refractivity contribution is 7.90. The minimum Gasteiger partial charge on any atom is -0.356 e. The average molecular weight is 329 g/mol. The van der Waals surface area contributed by atoms with Crippen molar-refractivity contribution in [2.24, 2.45) is 4.99 Å². The minimum absolute atomic E-state index is 0.159. The monoisotopic (exact) mass is 329 g/mol. The Morgan fingerprint density at radius 3 is 2.55 bits per heavy atom. The lowest BCUT2D eigenvalue weighted by Crippen LogP contribution is -2.39. The van der Waals surface area contributed by atoms with Gasteiger partial charge in [-0.1, -0.05) is 6.07 Å². The van der Waals surface area contributed by atoms with Gasteiger partial charge in [0.1, 0.15) is 15.7 Å². The smallest absolute Gasteiger partial charge is 0.190 e. The van der Waals surface area contributed by atoms with Crippen molar-refractivity contribution in [2.45, 2.75) is 19.8 Å². The number of rotatable bonds is 7. The molecular formula is C15H24FN3O2S. The quantitative estimate of drug-likeness (QED) is 0.449. The predicted molar refractivity (Wildman–Crippen MR) is 88.5 cm³/mol. The van der Waals surface area contributed by atoms with Gasteiger partial charge in [-0.15, -0.1) is 0 Å². The number of benzene rings is 1. The van der Waals surface area contributed by atoms with Crippen LogP contribution in [0, 0.1) is 12.7 Å². The standard InChI is InChI=1S/C15H24FN3O2S/c1-12-11-14(16)6-5-13(12)7-9-19-15(17-2)18-8-4-10-22(3,20)21/h5-6,11H,4,7-10H2,1-3H3,(H2,17,18,19). The van der Waals surface area contributed by atoms with E-state index in [0.717, 1.165) is 17.5 Å². The molecule has 1 aromatic rings. The summed E-state index contributed by atoms with van der Waals surface area (Å²) in [4.78, 5) is 4.07. The van der Waals surface area contributed by atoms with E-state index in [4.69, 9.17) is 0 Å². The first-order chi connectivity index (χ1) is 10.3. The molecule has 0 amide bonds. The molecule has 0 atom stereocenters. The second kappa shape index (κ2) is 8.73. The number of guanidine groups is 1. The van der Waals surface area contributed by atoms with E-state index >= 15 is 0 Å². The number of hydrogen-bond acceptors (Lipinski definition) is 3. The number of nitrogens with one attached hydrogen (secondary N) is 2. The van der Waals surface area contributed by atoms with Crippen LogP contribution in [0.15, 0.2) is 23.2 Å².